The second-order valence-electron chi connectivity index (χ2n) is 16.7. The second-order valence-corrected chi connectivity index (χ2v) is 26.3. The van der Waals surface area contributed by atoms with E-state index in [0.29, 0.717) is 11.5 Å². The van der Waals surface area contributed by atoms with Crippen LogP contribution in [-0.2, 0) is 8.85 Å². The Morgan fingerprint density at radius 1 is 0.892 bits per heavy atom. The van der Waals surface area contributed by atoms with Crippen LogP contribution in [0.3, 0.4) is 0 Å². The molecule has 3 saturated carbocycles. The van der Waals surface area contributed by atoms with E-state index in [1.165, 1.54) is 32.1 Å². The van der Waals surface area contributed by atoms with Crippen molar-refractivity contribution < 1.29 is 8.85 Å². The van der Waals surface area contributed by atoms with Gasteiger partial charge in [-0.05, 0) is 111 Å². The maximum atomic E-state index is 7.50. The predicted octanol–water partition coefficient (Wildman–Crippen LogP) is 10.3. The first-order chi connectivity index (χ1) is 16.8. The quantitative estimate of drug-likeness (QED) is 0.259. The molecule has 3 fully saturated rings. The van der Waals surface area contributed by atoms with Gasteiger partial charge in [0.1, 0.15) is 0 Å². The number of hydrogen-bond donors (Lipinski definition) is 0. The number of rotatable bonds is 4. The van der Waals surface area contributed by atoms with Crippen molar-refractivity contribution in [2.45, 2.75) is 156 Å². The fourth-order valence-corrected chi connectivity index (χ4v) is 11.1. The molecule has 0 radical (unpaired) electrons. The van der Waals surface area contributed by atoms with Crippen molar-refractivity contribution in [2.75, 3.05) is 0 Å². The van der Waals surface area contributed by atoms with E-state index in [0.717, 1.165) is 30.6 Å². The molecule has 212 valence electrons. The standard InChI is InChI=1S/C33H60O2Si2/c1-14-23-16-18-27-26-17-15-24-21-25(34-36(10,11)30(2,3)4)22-29(35-37(12,13)31(5,6)7)33(24,9)28(26)19-20-32(23,27)8/h14-15,25-29H,16-22H2,1-13H3/t25-,26+,27+,28+,29+,32-,33+/m1/s1. The third kappa shape index (κ3) is 4.86. The van der Waals surface area contributed by atoms with E-state index in [9.17, 15) is 0 Å². The first-order valence-electron chi connectivity index (χ1n) is 15.5. The lowest BCUT2D eigenvalue weighted by atomic mass is 9.47. The molecule has 4 heteroatoms. The highest BCUT2D eigenvalue weighted by molar-refractivity contribution is 6.74. The Bertz CT molecular complexity index is 933. The van der Waals surface area contributed by atoms with E-state index in [-0.39, 0.29) is 21.6 Å². The minimum atomic E-state index is -1.94. The lowest BCUT2D eigenvalue weighted by Crippen LogP contribution is -2.59. The van der Waals surface area contributed by atoms with Gasteiger partial charge in [0.2, 0.25) is 0 Å². The topological polar surface area (TPSA) is 18.5 Å². The lowest BCUT2D eigenvalue weighted by molar-refractivity contribution is -0.0882. The van der Waals surface area contributed by atoms with Gasteiger partial charge in [-0.2, -0.15) is 0 Å². The van der Waals surface area contributed by atoms with Crippen LogP contribution in [0.5, 0.6) is 0 Å². The molecule has 0 bridgehead atoms. The summed E-state index contributed by atoms with van der Waals surface area (Å²) < 4.78 is 14.6. The first-order valence-corrected chi connectivity index (χ1v) is 21.3. The fourth-order valence-electron chi connectivity index (χ4n) is 8.37. The van der Waals surface area contributed by atoms with E-state index in [1.807, 2.05) is 0 Å². The van der Waals surface area contributed by atoms with Crippen LogP contribution in [0, 0.1) is 28.6 Å². The van der Waals surface area contributed by atoms with Gasteiger partial charge in [0.15, 0.2) is 16.6 Å². The SMILES string of the molecule is CC=C1CC[C@H]2[C@@H]3CC=C4C[C@@H](O[Si](C)(C)C(C)(C)C)C[C@H](O[Si](C)(C)C(C)(C)C)[C@]4(C)[C@H]3CC[C@]12C. The zero-order valence-corrected chi connectivity index (χ0v) is 28.8. The van der Waals surface area contributed by atoms with Gasteiger partial charge in [0.25, 0.3) is 0 Å². The van der Waals surface area contributed by atoms with Crippen molar-refractivity contribution in [3.05, 3.63) is 23.3 Å². The van der Waals surface area contributed by atoms with E-state index in [1.54, 1.807) is 11.1 Å². The minimum Gasteiger partial charge on any atom is -0.414 e. The highest BCUT2D eigenvalue weighted by Gasteiger charge is 2.61. The van der Waals surface area contributed by atoms with Crippen molar-refractivity contribution in [2.24, 2.45) is 28.6 Å². The molecule has 7 atom stereocenters. The maximum absolute atomic E-state index is 7.50. The molecule has 0 aromatic heterocycles. The van der Waals surface area contributed by atoms with Crippen LogP contribution in [0.4, 0.5) is 0 Å². The molecule has 0 aromatic rings. The molecule has 0 aliphatic heterocycles. The van der Waals surface area contributed by atoms with E-state index in [2.05, 4.69) is 101 Å². The zero-order chi connectivity index (χ0) is 27.8. The molecule has 0 saturated heterocycles. The number of allylic oxidation sites excluding steroid dienone is 3. The summed E-state index contributed by atoms with van der Waals surface area (Å²) in [6, 6.07) is 0. The van der Waals surface area contributed by atoms with Gasteiger partial charge in [0, 0.05) is 5.41 Å². The summed E-state index contributed by atoms with van der Waals surface area (Å²) in [7, 11) is -3.79. The molecule has 4 rings (SSSR count). The Labute approximate surface area is 232 Å². The van der Waals surface area contributed by atoms with Crippen molar-refractivity contribution in [1.29, 1.82) is 0 Å². The summed E-state index contributed by atoms with van der Waals surface area (Å²) >= 11 is 0. The van der Waals surface area contributed by atoms with Gasteiger partial charge in [-0.15, -0.1) is 0 Å². The second kappa shape index (κ2) is 9.45. The Morgan fingerprint density at radius 2 is 1.49 bits per heavy atom. The van der Waals surface area contributed by atoms with Crippen LogP contribution in [0.2, 0.25) is 36.3 Å². The monoisotopic (exact) mass is 544 g/mol. The van der Waals surface area contributed by atoms with Crippen molar-refractivity contribution in [1.82, 2.24) is 0 Å². The lowest BCUT2D eigenvalue weighted by Gasteiger charge is -2.61. The van der Waals surface area contributed by atoms with E-state index < -0.39 is 16.6 Å². The van der Waals surface area contributed by atoms with Crippen LogP contribution >= 0.6 is 0 Å². The summed E-state index contributed by atoms with van der Waals surface area (Å²) in [6.45, 7) is 31.6. The third-order valence-corrected chi connectivity index (χ3v) is 21.9. The number of hydrogen-bond acceptors (Lipinski definition) is 2. The van der Waals surface area contributed by atoms with E-state index >= 15 is 0 Å². The van der Waals surface area contributed by atoms with Crippen LogP contribution in [0.15, 0.2) is 23.3 Å². The van der Waals surface area contributed by atoms with E-state index in [4.69, 9.17) is 8.85 Å². The normalized spacial score (nSPS) is 40.2. The van der Waals surface area contributed by atoms with Crippen molar-refractivity contribution in [3.8, 4) is 0 Å². The summed E-state index contributed by atoms with van der Waals surface area (Å²) in [5.74, 6) is 2.38. The predicted molar refractivity (Wildman–Crippen MR) is 165 cm³/mol. The molecule has 0 amide bonds. The average molecular weight is 545 g/mol. The van der Waals surface area contributed by atoms with Gasteiger partial charge in [-0.1, -0.05) is 78.7 Å². The molecule has 37 heavy (non-hydrogen) atoms. The molecule has 0 N–H and O–H groups in total. The Morgan fingerprint density at radius 3 is 2.05 bits per heavy atom. The highest BCUT2D eigenvalue weighted by Crippen LogP contribution is 2.67. The first kappa shape index (κ1) is 29.8. The van der Waals surface area contributed by atoms with Crippen LogP contribution in [0.1, 0.15) is 107 Å². The maximum Gasteiger partial charge on any atom is 0.192 e. The summed E-state index contributed by atoms with van der Waals surface area (Å²) in [6.07, 6.45) is 14.6. The van der Waals surface area contributed by atoms with Crippen LogP contribution in [-0.4, -0.2) is 28.8 Å². The van der Waals surface area contributed by atoms with Gasteiger partial charge >= 0.3 is 0 Å². The van der Waals surface area contributed by atoms with Crippen LogP contribution in [0.25, 0.3) is 0 Å². The highest BCUT2D eigenvalue weighted by atomic mass is 28.4. The molecule has 2 nitrogen and oxygen atoms in total. The molecule has 0 unspecified atom stereocenters. The molecular weight excluding hydrogens is 485 g/mol. The van der Waals surface area contributed by atoms with Gasteiger partial charge in [0.05, 0.1) is 12.2 Å². The van der Waals surface area contributed by atoms with Crippen LogP contribution < -0.4 is 0 Å². The molecule has 0 heterocycles. The largest absolute Gasteiger partial charge is 0.414 e. The van der Waals surface area contributed by atoms with Crippen molar-refractivity contribution >= 4 is 16.6 Å². The molecule has 4 aliphatic carbocycles. The minimum absolute atomic E-state index is 0.145. The summed E-state index contributed by atoms with van der Waals surface area (Å²) in [4.78, 5) is 0. The number of fused-ring (bicyclic) bond motifs is 5. The molecular formula is C33H60O2Si2. The smallest absolute Gasteiger partial charge is 0.192 e. The Hall–Kier alpha value is -0.166. The molecule has 4 aliphatic rings. The zero-order valence-electron chi connectivity index (χ0n) is 26.8. The Kier molecular flexibility index (Phi) is 7.61. The van der Waals surface area contributed by atoms with Gasteiger partial charge < -0.3 is 8.85 Å². The van der Waals surface area contributed by atoms with Gasteiger partial charge in [-0.25, -0.2) is 0 Å². The molecule has 0 spiro atoms. The molecule has 0 aromatic carbocycles. The van der Waals surface area contributed by atoms with Gasteiger partial charge in [-0.3, -0.25) is 0 Å². The third-order valence-electron chi connectivity index (χ3n) is 12.8. The summed E-state index contributed by atoms with van der Waals surface area (Å²) in [5, 5.41) is 0.447. The average Bonchev–Trinajstić information content (AvgIpc) is 3.09. The Balaban J connectivity index is 1.72. The summed E-state index contributed by atoms with van der Waals surface area (Å²) in [5.41, 5.74) is 4.00. The van der Waals surface area contributed by atoms with Crippen molar-refractivity contribution in [3.63, 3.8) is 0 Å². The fraction of sp³-hybridized carbons (Fsp3) is 0.879.